The van der Waals surface area contributed by atoms with Crippen LogP contribution in [0.15, 0.2) is 45.7 Å². The highest BCUT2D eigenvalue weighted by Crippen LogP contribution is 2.19. The van der Waals surface area contributed by atoms with Crippen molar-refractivity contribution in [2.24, 2.45) is 0 Å². The van der Waals surface area contributed by atoms with Crippen LogP contribution in [0.4, 0.5) is 5.69 Å². The number of carbonyl (C=O) groups excluding carboxylic acids is 1. The van der Waals surface area contributed by atoms with Gasteiger partial charge in [0.1, 0.15) is 5.76 Å². The molecule has 0 atom stereocenters. The number of likely N-dealkylation sites (N-methyl/N-ethyl adjacent to an activating group) is 1. The zero-order valence-electron chi connectivity index (χ0n) is 14.3. The van der Waals surface area contributed by atoms with Crippen LogP contribution in [0, 0.1) is 6.92 Å². The van der Waals surface area contributed by atoms with Crippen LogP contribution >= 0.6 is 0 Å². The van der Waals surface area contributed by atoms with Crippen molar-refractivity contribution < 1.29 is 22.5 Å². The number of aryl methyl sites for hydroxylation is 1. The number of benzene rings is 1. The molecule has 0 saturated carbocycles. The van der Waals surface area contributed by atoms with Crippen molar-refractivity contribution >= 4 is 21.6 Å². The number of carbonyl (C=O) groups is 1. The number of furan rings is 1. The second-order valence-corrected chi connectivity index (χ2v) is 8.19. The van der Waals surface area contributed by atoms with E-state index in [0.717, 1.165) is 13.1 Å². The molecule has 2 heterocycles. The minimum Gasteiger partial charge on any atom is -0.456 e. The monoisotopic (exact) mass is 364 g/mol. The average molecular weight is 364 g/mol. The number of rotatable bonds is 4. The number of hydrogen-bond acceptors (Lipinski definition) is 4. The highest BCUT2D eigenvalue weighted by Gasteiger charge is 2.29. The molecule has 1 aromatic heterocycles. The molecular formula is C17H22N3O4S+. The Kier molecular flexibility index (Phi) is 4.94. The fraction of sp³-hybridized carbons (Fsp3) is 0.353. The molecular weight excluding hydrogens is 342 g/mol. The van der Waals surface area contributed by atoms with Crippen LogP contribution in [-0.4, -0.2) is 51.9 Å². The molecule has 7 nitrogen and oxygen atoms in total. The first-order valence-corrected chi connectivity index (χ1v) is 9.59. The van der Waals surface area contributed by atoms with E-state index >= 15 is 0 Å². The van der Waals surface area contributed by atoms with Gasteiger partial charge in [-0.3, -0.25) is 4.79 Å². The van der Waals surface area contributed by atoms with Crippen molar-refractivity contribution in [3.05, 3.63) is 47.9 Å². The van der Waals surface area contributed by atoms with Crippen LogP contribution in [0.2, 0.25) is 0 Å². The van der Waals surface area contributed by atoms with E-state index in [9.17, 15) is 13.2 Å². The molecule has 25 heavy (non-hydrogen) atoms. The molecule has 1 saturated heterocycles. The number of anilines is 1. The molecule has 134 valence electrons. The predicted molar refractivity (Wildman–Crippen MR) is 93.2 cm³/mol. The minimum atomic E-state index is -3.49. The molecule has 0 unspecified atom stereocenters. The lowest BCUT2D eigenvalue weighted by Gasteiger charge is -2.29. The van der Waals surface area contributed by atoms with Gasteiger partial charge in [0.15, 0.2) is 5.76 Å². The van der Waals surface area contributed by atoms with Gasteiger partial charge in [-0.2, -0.15) is 4.31 Å². The van der Waals surface area contributed by atoms with Crippen LogP contribution in [0.25, 0.3) is 0 Å². The third-order valence-corrected chi connectivity index (χ3v) is 6.20. The van der Waals surface area contributed by atoms with E-state index in [0.29, 0.717) is 24.5 Å². The van der Waals surface area contributed by atoms with E-state index in [1.54, 1.807) is 31.2 Å². The zero-order chi connectivity index (χ0) is 18.0. The van der Waals surface area contributed by atoms with Gasteiger partial charge < -0.3 is 14.6 Å². The highest BCUT2D eigenvalue weighted by atomic mass is 32.2. The van der Waals surface area contributed by atoms with E-state index < -0.39 is 10.0 Å². The van der Waals surface area contributed by atoms with Crippen LogP contribution in [0.1, 0.15) is 16.3 Å². The van der Waals surface area contributed by atoms with E-state index in [-0.39, 0.29) is 16.6 Å². The number of hydrogen-bond donors (Lipinski definition) is 2. The summed E-state index contributed by atoms with van der Waals surface area (Å²) in [7, 11) is -1.43. The van der Waals surface area contributed by atoms with Gasteiger partial charge in [0.25, 0.3) is 5.91 Å². The van der Waals surface area contributed by atoms with Crippen molar-refractivity contribution in [2.45, 2.75) is 11.8 Å². The first kappa shape index (κ1) is 17.7. The Morgan fingerprint density at radius 1 is 1.12 bits per heavy atom. The van der Waals surface area contributed by atoms with E-state index in [2.05, 4.69) is 12.4 Å². The lowest BCUT2D eigenvalue weighted by Crippen LogP contribution is -3.12. The number of amides is 1. The SMILES string of the molecule is Cc1ccc(C(=O)Nc2ccc(S(=O)(=O)N3CC[NH+](C)CC3)cc2)o1. The van der Waals surface area contributed by atoms with Crippen molar-refractivity contribution in [1.29, 1.82) is 0 Å². The first-order chi connectivity index (χ1) is 11.9. The number of quaternary nitrogens is 1. The Labute approximate surface area is 147 Å². The fourth-order valence-electron chi connectivity index (χ4n) is 2.72. The van der Waals surface area contributed by atoms with Crippen LogP contribution in [-0.2, 0) is 10.0 Å². The fourth-order valence-corrected chi connectivity index (χ4v) is 4.16. The summed E-state index contributed by atoms with van der Waals surface area (Å²) in [5, 5.41) is 2.69. The Morgan fingerprint density at radius 2 is 1.76 bits per heavy atom. The van der Waals surface area contributed by atoms with E-state index in [4.69, 9.17) is 4.42 Å². The van der Waals surface area contributed by atoms with Crippen LogP contribution < -0.4 is 10.2 Å². The largest absolute Gasteiger partial charge is 0.456 e. The highest BCUT2D eigenvalue weighted by molar-refractivity contribution is 7.89. The maximum atomic E-state index is 12.7. The Balaban J connectivity index is 1.70. The molecule has 0 radical (unpaired) electrons. The quantitative estimate of drug-likeness (QED) is 0.821. The topological polar surface area (TPSA) is 84.1 Å². The number of sulfonamides is 1. The van der Waals surface area contributed by atoms with Crippen molar-refractivity contribution in [1.82, 2.24) is 4.31 Å². The van der Waals surface area contributed by atoms with E-state index in [1.165, 1.54) is 21.3 Å². The van der Waals surface area contributed by atoms with Gasteiger partial charge in [0.05, 0.1) is 38.1 Å². The standard InChI is InChI=1S/C17H21N3O4S/c1-13-3-8-16(24-13)17(21)18-14-4-6-15(7-5-14)25(22,23)20-11-9-19(2)10-12-20/h3-8H,9-12H2,1-2H3,(H,18,21)/p+1. The summed E-state index contributed by atoms with van der Waals surface area (Å²) in [6, 6.07) is 9.51. The summed E-state index contributed by atoms with van der Waals surface area (Å²) in [5.74, 6) is 0.500. The predicted octanol–water partition coefficient (Wildman–Crippen LogP) is 0.359. The summed E-state index contributed by atoms with van der Waals surface area (Å²) < 4.78 is 32.1. The number of piperazine rings is 1. The maximum absolute atomic E-state index is 12.7. The summed E-state index contributed by atoms with van der Waals surface area (Å²) >= 11 is 0. The summed E-state index contributed by atoms with van der Waals surface area (Å²) in [6.45, 7) is 4.40. The van der Waals surface area contributed by atoms with E-state index in [1.807, 2.05) is 0 Å². The normalized spacial score (nSPS) is 16.7. The lowest BCUT2D eigenvalue weighted by molar-refractivity contribution is -0.883. The first-order valence-electron chi connectivity index (χ1n) is 8.15. The second kappa shape index (κ2) is 6.99. The minimum absolute atomic E-state index is 0.217. The molecule has 1 amide bonds. The number of nitrogens with zero attached hydrogens (tertiary/aromatic N) is 1. The molecule has 1 aromatic carbocycles. The Bertz CT molecular complexity index is 850. The smallest absolute Gasteiger partial charge is 0.291 e. The molecule has 1 fully saturated rings. The third kappa shape index (κ3) is 3.92. The molecule has 2 aromatic rings. The van der Waals surface area contributed by atoms with Crippen molar-refractivity contribution in [3.8, 4) is 0 Å². The summed E-state index contributed by atoms with van der Waals surface area (Å²) in [4.78, 5) is 13.6. The average Bonchev–Trinajstić information content (AvgIpc) is 3.02. The summed E-state index contributed by atoms with van der Waals surface area (Å²) in [5.41, 5.74) is 0.515. The van der Waals surface area contributed by atoms with Crippen LogP contribution in [0.5, 0.6) is 0 Å². The Morgan fingerprint density at radius 3 is 2.32 bits per heavy atom. The molecule has 1 aliphatic rings. The summed E-state index contributed by atoms with van der Waals surface area (Å²) in [6.07, 6.45) is 0. The lowest BCUT2D eigenvalue weighted by atomic mass is 10.3. The van der Waals surface area contributed by atoms with Crippen molar-refractivity contribution in [2.75, 3.05) is 38.5 Å². The van der Waals surface area contributed by atoms with Crippen molar-refractivity contribution in [3.63, 3.8) is 0 Å². The molecule has 1 aliphatic heterocycles. The van der Waals surface area contributed by atoms with Gasteiger partial charge >= 0.3 is 0 Å². The van der Waals surface area contributed by atoms with Crippen LogP contribution in [0.3, 0.4) is 0 Å². The molecule has 2 N–H and O–H groups in total. The Hall–Kier alpha value is -2.16. The van der Waals surface area contributed by atoms with Gasteiger partial charge in [-0.1, -0.05) is 0 Å². The third-order valence-electron chi connectivity index (χ3n) is 4.29. The van der Waals surface area contributed by atoms with Gasteiger partial charge in [-0.05, 0) is 43.3 Å². The van der Waals surface area contributed by atoms with Gasteiger partial charge in [0, 0.05) is 5.69 Å². The van der Waals surface area contributed by atoms with Gasteiger partial charge in [-0.25, -0.2) is 8.42 Å². The maximum Gasteiger partial charge on any atom is 0.291 e. The number of nitrogens with one attached hydrogen (secondary N) is 2. The molecule has 8 heteroatoms. The zero-order valence-corrected chi connectivity index (χ0v) is 15.1. The van der Waals surface area contributed by atoms with Gasteiger partial charge in [0.2, 0.25) is 10.0 Å². The molecule has 0 bridgehead atoms. The molecule has 0 aliphatic carbocycles. The molecule has 3 rings (SSSR count). The van der Waals surface area contributed by atoms with Gasteiger partial charge in [-0.15, -0.1) is 0 Å². The molecule has 0 spiro atoms. The second-order valence-electron chi connectivity index (χ2n) is 6.25.